The van der Waals surface area contributed by atoms with E-state index >= 15 is 0 Å². The van der Waals surface area contributed by atoms with E-state index in [2.05, 4.69) is 9.97 Å². The number of hydrogen-bond acceptors (Lipinski definition) is 6. The molecular weight excluding hydrogens is 554 g/mol. The summed E-state index contributed by atoms with van der Waals surface area (Å²) >= 11 is 0. The van der Waals surface area contributed by atoms with Gasteiger partial charge in [-0.15, -0.1) is 0 Å². The van der Waals surface area contributed by atoms with E-state index in [-0.39, 0.29) is 17.2 Å². The highest BCUT2D eigenvalue weighted by atomic mass is 19.4. The van der Waals surface area contributed by atoms with E-state index in [0.717, 1.165) is 31.5 Å². The Labute approximate surface area is 223 Å². The average Bonchev–Trinajstić information content (AvgIpc) is 3.19. The molecule has 4 heterocycles. The van der Waals surface area contributed by atoms with Crippen molar-refractivity contribution in [3.63, 3.8) is 0 Å². The Bertz CT molecular complexity index is 1150. The molecule has 1 spiro atoms. The van der Waals surface area contributed by atoms with E-state index in [0.29, 0.717) is 25.3 Å². The second-order valence-electron chi connectivity index (χ2n) is 8.69. The molecule has 0 saturated carbocycles. The molecule has 0 atom stereocenters. The molecular formula is C24H24F6N4O6. The normalized spacial score (nSPS) is 16.4. The van der Waals surface area contributed by atoms with Gasteiger partial charge in [-0.2, -0.15) is 26.3 Å². The summed E-state index contributed by atoms with van der Waals surface area (Å²) in [7, 11) is 0. The topological polar surface area (TPSA) is 141 Å². The zero-order valence-electron chi connectivity index (χ0n) is 20.7. The first kappa shape index (κ1) is 32.0. The lowest BCUT2D eigenvalue weighted by Gasteiger charge is -2.37. The lowest BCUT2D eigenvalue weighted by Crippen LogP contribution is -2.46. The summed E-state index contributed by atoms with van der Waals surface area (Å²) in [6.07, 6.45) is -4.46. The van der Waals surface area contributed by atoms with Crippen LogP contribution in [0.5, 0.6) is 0 Å². The van der Waals surface area contributed by atoms with E-state index < -0.39 is 24.3 Å². The molecule has 16 heteroatoms. The average molecular weight is 578 g/mol. The fraction of sp³-hybridized carbons (Fsp3) is 0.417. The number of carboxylic acid groups (broad SMARTS) is 2. The largest absolute Gasteiger partial charge is 0.490 e. The van der Waals surface area contributed by atoms with Gasteiger partial charge < -0.3 is 20.0 Å². The van der Waals surface area contributed by atoms with Crippen LogP contribution in [0, 0.1) is 5.41 Å². The van der Waals surface area contributed by atoms with Gasteiger partial charge >= 0.3 is 24.3 Å². The van der Waals surface area contributed by atoms with E-state index in [4.69, 9.17) is 19.8 Å². The Kier molecular flexibility index (Phi) is 10.6. The van der Waals surface area contributed by atoms with Gasteiger partial charge in [0.1, 0.15) is 5.69 Å². The maximum atomic E-state index is 13.0. The molecule has 2 aromatic rings. The molecule has 4 rings (SSSR count). The van der Waals surface area contributed by atoms with Gasteiger partial charge in [-0.25, -0.2) is 9.59 Å². The Morgan fingerprint density at radius 3 is 1.70 bits per heavy atom. The van der Waals surface area contributed by atoms with Crippen LogP contribution in [0.2, 0.25) is 0 Å². The first-order chi connectivity index (χ1) is 18.6. The smallest absolute Gasteiger partial charge is 0.475 e. The number of aromatic nitrogens is 2. The molecule has 0 bridgehead atoms. The first-order valence-electron chi connectivity index (χ1n) is 11.6. The van der Waals surface area contributed by atoms with Crippen molar-refractivity contribution in [3.05, 3.63) is 60.2 Å². The summed E-state index contributed by atoms with van der Waals surface area (Å²) in [6.45, 7) is 2.55. The number of alkyl halides is 6. The van der Waals surface area contributed by atoms with Crippen LogP contribution in [0.25, 0.3) is 0 Å². The molecule has 218 valence electrons. The number of rotatable bonds is 3. The molecule has 0 unspecified atom stereocenters. The van der Waals surface area contributed by atoms with E-state index in [9.17, 15) is 35.9 Å². The van der Waals surface area contributed by atoms with Gasteiger partial charge in [0, 0.05) is 32.0 Å². The molecule has 0 radical (unpaired) electrons. The van der Waals surface area contributed by atoms with Crippen LogP contribution >= 0.6 is 0 Å². The van der Waals surface area contributed by atoms with Crippen LogP contribution in [0.1, 0.15) is 35.4 Å². The molecule has 0 aliphatic carbocycles. The van der Waals surface area contributed by atoms with Crippen molar-refractivity contribution in [2.75, 3.05) is 19.6 Å². The van der Waals surface area contributed by atoms with Gasteiger partial charge in [-0.3, -0.25) is 19.6 Å². The lowest BCUT2D eigenvalue weighted by atomic mass is 9.77. The number of nitrogens with zero attached hydrogens (tertiary/aromatic N) is 4. The van der Waals surface area contributed by atoms with Gasteiger partial charge in [0.25, 0.3) is 5.91 Å². The Balaban J connectivity index is 0.000000333. The summed E-state index contributed by atoms with van der Waals surface area (Å²) in [5, 5.41) is 14.2. The van der Waals surface area contributed by atoms with Gasteiger partial charge in [-0.1, -0.05) is 12.1 Å². The van der Waals surface area contributed by atoms with Gasteiger partial charge in [-0.05, 0) is 43.5 Å². The Morgan fingerprint density at radius 1 is 0.800 bits per heavy atom. The molecule has 2 fully saturated rings. The van der Waals surface area contributed by atoms with Crippen LogP contribution in [-0.4, -0.2) is 85.7 Å². The third kappa shape index (κ3) is 8.91. The maximum Gasteiger partial charge on any atom is 0.490 e. The van der Waals surface area contributed by atoms with Crippen LogP contribution in [0.3, 0.4) is 0 Å². The second kappa shape index (κ2) is 13.2. The van der Waals surface area contributed by atoms with E-state index in [1.165, 1.54) is 0 Å². The number of carboxylic acids is 2. The number of piperidine rings is 1. The number of halogens is 6. The third-order valence-electron chi connectivity index (χ3n) is 6.06. The first-order valence-corrected chi connectivity index (χ1v) is 11.6. The van der Waals surface area contributed by atoms with Gasteiger partial charge in [0.05, 0.1) is 17.7 Å². The van der Waals surface area contributed by atoms with Crippen molar-refractivity contribution in [3.8, 4) is 0 Å². The zero-order valence-corrected chi connectivity index (χ0v) is 20.7. The fourth-order valence-corrected chi connectivity index (χ4v) is 3.98. The summed E-state index contributed by atoms with van der Waals surface area (Å²) in [5.41, 5.74) is 1.08. The highest BCUT2D eigenvalue weighted by molar-refractivity contribution is 5.92. The predicted molar refractivity (Wildman–Crippen MR) is 123 cm³/mol. The molecule has 2 N–H and O–H groups in total. The summed E-state index contributed by atoms with van der Waals surface area (Å²) < 4.78 is 63.5. The van der Waals surface area contributed by atoms with Crippen molar-refractivity contribution < 1.29 is 55.7 Å². The minimum Gasteiger partial charge on any atom is -0.475 e. The SMILES string of the molecule is O=C(O)C(F)(F)F.O=C(O)C(F)(F)F.O=C(c1ccccn1)N1CCC2(CC1)CCN(Cc1ccccn1)C2=O. The number of carbonyl (C=O) groups is 4. The summed E-state index contributed by atoms with van der Waals surface area (Å²) in [5.74, 6) is -5.34. The number of likely N-dealkylation sites (tertiary alicyclic amines) is 2. The fourth-order valence-electron chi connectivity index (χ4n) is 3.98. The van der Waals surface area contributed by atoms with Crippen LogP contribution < -0.4 is 0 Å². The third-order valence-corrected chi connectivity index (χ3v) is 6.06. The Morgan fingerprint density at radius 2 is 1.27 bits per heavy atom. The van der Waals surface area contributed by atoms with Crippen LogP contribution in [-0.2, 0) is 20.9 Å². The monoisotopic (exact) mass is 578 g/mol. The molecule has 2 aliphatic rings. The minimum absolute atomic E-state index is 0.0452. The second-order valence-corrected chi connectivity index (χ2v) is 8.69. The molecule has 2 aromatic heterocycles. The van der Waals surface area contributed by atoms with Crippen molar-refractivity contribution in [2.24, 2.45) is 5.41 Å². The molecule has 0 aromatic carbocycles. The highest BCUT2D eigenvalue weighted by Gasteiger charge is 2.48. The number of hydrogen-bond donors (Lipinski definition) is 2. The van der Waals surface area contributed by atoms with Crippen LogP contribution in [0.4, 0.5) is 26.3 Å². The van der Waals surface area contributed by atoms with Gasteiger partial charge in [0.2, 0.25) is 5.91 Å². The van der Waals surface area contributed by atoms with Gasteiger partial charge in [0.15, 0.2) is 0 Å². The maximum absolute atomic E-state index is 13.0. The molecule has 2 amide bonds. The predicted octanol–water partition coefficient (Wildman–Crippen LogP) is 3.40. The van der Waals surface area contributed by atoms with Crippen molar-refractivity contribution in [1.29, 1.82) is 0 Å². The molecule has 2 saturated heterocycles. The lowest BCUT2D eigenvalue weighted by molar-refractivity contribution is -0.193. The van der Waals surface area contributed by atoms with Crippen molar-refractivity contribution in [1.82, 2.24) is 19.8 Å². The molecule has 2 aliphatic heterocycles. The Hall–Kier alpha value is -4.24. The molecule has 40 heavy (non-hydrogen) atoms. The zero-order chi connectivity index (χ0) is 30.1. The number of pyridine rings is 2. The number of aliphatic carboxylic acids is 2. The summed E-state index contributed by atoms with van der Waals surface area (Å²) in [6, 6.07) is 11.1. The molecule has 10 nitrogen and oxygen atoms in total. The van der Waals surface area contributed by atoms with Crippen molar-refractivity contribution in [2.45, 2.75) is 38.2 Å². The quantitative estimate of drug-likeness (QED) is 0.528. The standard InChI is InChI=1S/C20H22N4O2.2C2HF3O2/c25-18(17-6-2-4-11-22-17)23-12-7-20(8-13-23)9-14-24(19(20)26)15-16-5-1-3-10-21-16;2*3-2(4,5)1(6)7/h1-6,10-11H,7-9,12-15H2;2*(H,6,7). The summed E-state index contributed by atoms with van der Waals surface area (Å²) in [4.78, 5) is 55.6. The minimum atomic E-state index is -5.08. The van der Waals surface area contributed by atoms with E-state index in [1.54, 1.807) is 24.5 Å². The number of amides is 2. The number of carbonyl (C=O) groups excluding carboxylic acids is 2. The highest BCUT2D eigenvalue weighted by Crippen LogP contribution is 2.42. The van der Waals surface area contributed by atoms with Crippen LogP contribution in [0.15, 0.2) is 48.8 Å². The van der Waals surface area contributed by atoms with Crippen molar-refractivity contribution >= 4 is 23.8 Å². The van der Waals surface area contributed by atoms with E-state index in [1.807, 2.05) is 34.1 Å².